The Morgan fingerprint density at radius 1 is 0.767 bits per heavy atom. The molecule has 150 valence electrons. The van der Waals surface area contributed by atoms with Crippen molar-refractivity contribution in [3.63, 3.8) is 0 Å². The summed E-state index contributed by atoms with van der Waals surface area (Å²) in [5.41, 5.74) is 5.02. The molecule has 0 aliphatic carbocycles. The second-order valence-corrected chi connectivity index (χ2v) is 6.82. The third kappa shape index (κ3) is 5.98. The second-order valence-electron chi connectivity index (χ2n) is 6.82. The van der Waals surface area contributed by atoms with Crippen molar-refractivity contribution in [1.29, 1.82) is 0 Å². The number of anilines is 2. The minimum absolute atomic E-state index is 0.132. The Hall–Kier alpha value is -4.04. The number of carbonyl (C=O) groups excluding carboxylic acids is 2. The van der Waals surface area contributed by atoms with Gasteiger partial charge in [0.2, 0.25) is 5.91 Å². The van der Waals surface area contributed by atoms with Gasteiger partial charge in [0.25, 0.3) is 0 Å². The minimum atomic E-state index is -0.458. The van der Waals surface area contributed by atoms with E-state index in [2.05, 4.69) is 27.8 Å². The van der Waals surface area contributed by atoms with Crippen LogP contribution < -0.4 is 16.0 Å². The molecule has 5 heteroatoms. The van der Waals surface area contributed by atoms with E-state index in [1.165, 1.54) is 0 Å². The van der Waals surface area contributed by atoms with Gasteiger partial charge < -0.3 is 16.0 Å². The quantitative estimate of drug-likeness (QED) is 0.569. The van der Waals surface area contributed by atoms with Crippen LogP contribution in [0.1, 0.15) is 22.3 Å². The third-order valence-electron chi connectivity index (χ3n) is 4.40. The van der Waals surface area contributed by atoms with Crippen molar-refractivity contribution in [1.82, 2.24) is 5.32 Å². The Morgan fingerprint density at radius 2 is 1.40 bits per heavy atom. The van der Waals surface area contributed by atoms with Crippen molar-refractivity contribution in [3.8, 4) is 11.8 Å². The van der Waals surface area contributed by atoms with E-state index >= 15 is 0 Å². The highest BCUT2D eigenvalue weighted by molar-refractivity contribution is 5.97. The summed E-state index contributed by atoms with van der Waals surface area (Å²) >= 11 is 0. The number of hydrogen-bond acceptors (Lipinski definition) is 2. The molecular formula is C25H23N3O2. The van der Waals surface area contributed by atoms with E-state index in [9.17, 15) is 9.59 Å². The Morgan fingerprint density at radius 3 is 2.13 bits per heavy atom. The summed E-state index contributed by atoms with van der Waals surface area (Å²) in [6.45, 7) is 3.72. The first kappa shape index (κ1) is 20.7. The molecule has 3 aromatic carbocycles. The summed E-state index contributed by atoms with van der Waals surface area (Å²) < 4.78 is 0. The van der Waals surface area contributed by atoms with Crippen LogP contribution >= 0.6 is 0 Å². The number of urea groups is 1. The molecule has 3 rings (SSSR count). The fourth-order valence-electron chi connectivity index (χ4n) is 2.87. The zero-order chi connectivity index (χ0) is 21.3. The molecule has 0 heterocycles. The maximum atomic E-state index is 12.2. The van der Waals surface area contributed by atoms with Gasteiger partial charge in [-0.1, -0.05) is 54.3 Å². The zero-order valence-corrected chi connectivity index (χ0v) is 17.0. The van der Waals surface area contributed by atoms with Crippen LogP contribution in [0.4, 0.5) is 16.2 Å². The number of benzene rings is 3. The number of carbonyl (C=O) groups is 2. The topological polar surface area (TPSA) is 70.2 Å². The number of amides is 3. The van der Waals surface area contributed by atoms with Gasteiger partial charge in [-0.25, -0.2) is 4.79 Å². The molecule has 0 spiro atoms. The molecule has 0 bridgehead atoms. The van der Waals surface area contributed by atoms with Gasteiger partial charge >= 0.3 is 6.03 Å². The van der Waals surface area contributed by atoms with Gasteiger partial charge in [-0.15, -0.1) is 0 Å². The normalized spacial score (nSPS) is 9.80. The van der Waals surface area contributed by atoms with Gasteiger partial charge in [-0.2, -0.15) is 0 Å². The van der Waals surface area contributed by atoms with Crippen LogP contribution in [0, 0.1) is 25.7 Å². The molecule has 0 aliphatic heterocycles. The molecule has 3 aromatic rings. The van der Waals surface area contributed by atoms with Crippen molar-refractivity contribution in [2.24, 2.45) is 0 Å². The highest BCUT2D eigenvalue weighted by Gasteiger charge is 2.09. The zero-order valence-electron chi connectivity index (χ0n) is 17.0. The van der Waals surface area contributed by atoms with Crippen LogP contribution in [-0.2, 0) is 4.79 Å². The summed E-state index contributed by atoms with van der Waals surface area (Å²) in [5, 5.41) is 8.13. The van der Waals surface area contributed by atoms with Crippen LogP contribution in [0.2, 0.25) is 0 Å². The van der Waals surface area contributed by atoms with E-state index in [0.29, 0.717) is 5.69 Å². The molecular weight excluding hydrogens is 374 g/mol. The lowest BCUT2D eigenvalue weighted by Crippen LogP contribution is -2.36. The smallest absolute Gasteiger partial charge is 0.319 e. The SMILES string of the molecule is Cc1cccc(C)c1NC(=O)CNC(=O)Nc1cccc(C#Cc2ccccc2)c1. The molecule has 0 fully saturated rings. The number of para-hydroxylation sites is 1. The molecule has 0 radical (unpaired) electrons. The third-order valence-corrected chi connectivity index (χ3v) is 4.40. The van der Waals surface area contributed by atoms with Gasteiger partial charge in [0.1, 0.15) is 0 Å². The van der Waals surface area contributed by atoms with E-state index in [1.54, 1.807) is 12.1 Å². The fourth-order valence-corrected chi connectivity index (χ4v) is 2.87. The van der Waals surface area contributed by atoms with Gasteiger partial charge in [-0.05, 0) is 55.3 Å². The first-order chi connectivity index (χ1) is 14.5. The molecule has 3 N–H and O–H groups in total. The van der Waals surface area contributed by atoms with E-state index in [1.807, 2.05) is 74.5 Å². The Bertz CT molecular complexity index is 1090. The standard InChI is InChI=1S/C25H23N3O2/c1-18-8-6-9-19(2)24(18)28-23(29)17-26-25(30)27-22-13-7-12-21(16-22)15-14-20-10-4-3-5-11-20/h3-13,16H,17H2,1-2H3,(H,28,29)(H2,26,27,30). The van der Waals surface area contributed by atoms with Crippen LogP contribution in [0.3, 0.4) is 0 Å². The molecule has 3 amide bonds. The molecule has 0 aromatic heterocycles. The van der Waals surface area contributed by atoms with E-state index < -0.39 is 6.03 Å². The number of aryl methyl sites for hydroxylation is 2. The maximum Gasteiger partial charge on any atom is 0.319 e. The first-order valence-electron chi connectivity index (χ1n) is 9.59. The van der Waals surface area contributed by atoms with Gasteiger partial charge in [0.15, 0.2) is 0 Å². The van der Waals surface area contributed by atoms with E-state index in [4.69, 9.17) is 0 Å². The lowest BCUT2D eigenvalue weighted by molar-refractivity contribution is -0.115. The van der Waals surface area contributed by atoms with Crippen LogP contribution in [0.15, 0.2) is 72.8 Å². The predicted molar refractivity (Wildman–Crippen MR) is 120 cm³/mol. The lowest BCUT2D eigenvalue weighted by Gasteiger charge is -2.12. The van der Waals surface area contributed by atoms with E-state index in [0.717, 1.165) is 27.9 Å². The molecule has 0 saturated carbocycles. The fraction of sp³-hybridized carbons (Fsp3) is 0.120. The average Bonchev–Trinajstić information content (AvgIpc) is 2.74. The minimum Gasteiger partial charge on any atom is -0.329 e. The van der Waals surface area contributed by atoms with Crippen LogP contribution in [0.25, 0.3) is 0 Å². The number of rotatable bonds is 4. The molecule has 30 heavy (non-hydrogen) atoms. The molecule has 0 aliphatic rings. The van der Waals surface area contributed by atoms with Gasteiger partial charge in [0, 0.05) is 22.5 Å². The monoisotopic (exact) mass is 397 g/mol. The van der Waals surface area contributed by atoms with Crippen molar-refractivity contribution in [2.75, 3.05) is 17.2 Å². The van der Waals surface area contributed by atoms with Crippen LogP contribution in [0.5, 0.6) is 0 Å². The lowest BCUT2D eigenvalue weighted by atomic mass is 10.1. The second kappa shape index (κ2) is 9.94. The highest BCUT2D eigenvalue weighted by Crippen LogP contribution is 2.19. The van der Waals surface area contributed by atoms with Gasteiger partial charge in [0.05, 0.1) is 6.54 Å². The molecule has 0 saturated heterocycles. The number of hydrogen-bond donors (Lipinski definition) is 3. The largest absolute Gasteiger partial charge is 0.329 e. The van der Waals surface area contributed by atoms with Crippen molar-refractivity contribution in [2.45, 2.75) is 13.8 Å². The maximum absolute atomic E-state index is 12.2. The highest BCUT2D eigenvalue weighted by atomic mass is 16.2. The molecule has 0 unspecified atom stereocenters. The molecule has 5 nitrogen and oxygen atoms in total. The summed E-state index contributed by atoms with van der Waals surface area (Å²) in [6.07, 6.45) is 0. The van der Waals surface area contributed by atoms with E-state index in [-0.39, 0.29) is 12.5 Å². The summed E-state index contributed by atoms with van der Waals surface area (Å²) in [5.74, 6) is 5.87. The van der Waals surface area contributed by atoms with Crippen molar-refractivity contribution in [3.05, 3.63) is 95.1 Å². The Labute approximate surface area is 176 Å². The summed E-state index contributed by atoms with van der Waals surface area (Å²) in [7, 11) is 0. The molecule has 0 atom stereocenters. The average molecular weight is 397 g/mol. The van der Waals surface area contributed by atoms with Crippen LogP contribution in [-0.4, -0.2) is 18.5 Å². The summed E-state index contributed by atoms with van der Waals surface area (Å²) in [6, 6.07) is 22.3. The van der Waals surface area contributed by atoms with Gasteiger partial charge in [-0.3, -0.25) is 4.79 Å². The predicted octanol–water partition coefficient (Wildman–Crippen LogP) is 4.46. The van der Waals surface area contributed by atoms with Crippen molar-refractivity contribution < 1.29 is 9.59 Å². The number of nitrogens with one attached hydrogen (secondary N) is 3. The van der Waals surface area contributed by atoms with Crippen molar-refractivity contribution >= 4 is 23.3 Å². The Kier molecular flexibility index (Phi) is 6.86. The first-order valence-corrected chi connectivity index (χ1v) is 9.59. The summed E-state index contributed by atoms with van der Waals surface area (Å²) in [4.78, 5) is 24.3. The Balaban J connectivity index is 1.54.